The Morgan fingerprint density at radius 3 is 2.41 bits per heavy atom. The van der Waals surface area contributed by atoms with E-state index in [2.05, 4.69) is 48.3 Å². The summed E-state index contributed by atoms with van der Waals surface area (Å²) in [7, 11) is 1.68. The van der Waals surface area contributed by atoms with E-state index in [9.17, 15) is 4.79 Å². The topological polar surface area (TPSA) is 53.9 Å². The van der Waals surface area contributed by atoms with E-state index in [0.29, 0.717) is 12.5 Å². The largest absolute Gasteiger partial charge is 0.497 e. The van der Waals surface area contributed by atoms with Crippen molar-refractivity contribution in [3.05, 3.63) is 59.7 Å². The summed E-state index contributed by atoms with van der Waals surface area (Å²) in [6, 6.07) is 16.2. The van der Waals surface area contributed by atoms with E-state index in [4.69, 9.17) is 9.73 Å². The number of benzene rings is 2. The standard InChI is InChI=1S/C27H37N3O2/c1-19(2)17-24(26(31)29-27(3,4)5)30-23-10-8-7-9-21(23)18-28-25(30)16-13-20-11-14-22(32-6)15-12-20/h7-12,14-15,19,24H,13,16-18H2,1-6H3,(H,29,31). The van der Waals surface area contributed by atoms with Gasteiger partial charge in [-0.1, -0.05) is 44.2 Å². The number of carbonyl (C=O) groups excluding carboxylic acids is 1. The SMILES string of the molecule is COc1ccc(CCC2=NCc3ccccc3N2C(CC(C)C)C(=O)NC(C)(C)C)cc1. The molecule has 5 heteroatoms. The number of hydrogen-bond acceptors (Lipinski definition) is 4. The number of carbonyl (C=O) groups is 1. The third-order valence-electron chi connectivity index (χ3n) is 5.56. The van der Waals surface area contributed by atoms with Crippen LogP contribution in [0.5, 0.6) is 5.75 Å². The molecule has 3 rings (SSSR count). The first-order chi connectivity index (χ1) is 15.2. The zero-order chi connectivity index (χ0) is 23.3. The van der Waals surface area contributed by atoms with Crippen molar-refractivity contribution in [2.75, 3.05) is 12.0 Å². The third-order valence-corrected chi connectivity index (χ3v) is 5.56. The number of methoxy groups -OCH3 is 1. The normalized spacial score (nSPS) is 14.6. The first kappa shape index (κ1) is 23.8. The van der Waals surface area contributed by atoms with Crippen LogP contribution in [0.2, 0.25) is 0 Å². The number of anilines is 1. The molecule has 0 bridgehead atoms. The van der Waals surface area contributed by atoms with Crippen molar-refractivity contribution >= 4 is 17.4 Å². The lowest BCUT2D eigenvalue weighted by Crippen LogP contribution is -2.55. The van der Waals surface area contributed by atoms with Gasteiger partial charge in [-0.15, -0.1) is 0 Å². The Bertz CT molecular complexity index is 942. The summed E-state index contributed by atoms with van der Waals surface area (Å²) >= 11 is 0. The zero-order valence-electron chi connectivity index (χ0n) is 20.3. The molecule has 1 aliphatic heterocycles. The number of ether oxygens (including phenoxy) is 1. The Hall–Kier alpha value is -2.82. The smallest absolute Gasteiger partial charge is 0.243 e. The molecule has 0 aromatic heterocycles. The number of amidine groups is 1. The van der Waals surface area contributed by atoms with E-state index in [1.54, 1.807) is 7.11 Å². The molecule has 1 aliphatic rings. The maximum atomic E-state index is 13.5. The fourth-order valence-electron chi connectivity index (χ4n) is 4.10. The molecule has 1 atom stereocenters. The molecule has 2 aromatic rings. The molecule has 1 amide bonds. The molecule has 172 valence electrons. The molecule has 0 radical (unpaired) electrons. The number of nitrogens with one attached hydrogen (secondary N) is 1. The molecule has 0 saturated carbocycles. The second kappa shape index (κ2) is 10.2. The lowest BCUT2D eigenvalue weighted by atomic mass is 9.96. The molecule has 2 aromatic carbocycles. The van der Waals surface area contributed by atoms with Gasteiger partial charge in [-0.3, -0.25) is 9.79 Å². The molecule has 0 spiro atoms. The summed E-state index contributed by atoms with van der Waals surface area (Å²) in [5, 5.41) is 3.21. The lowest BCUT2D eigenvalue weighted by molar-refractivity contribution is -0.124. The van der Waals surface area contributed by atoms with E-state index < -0.39 is 0 Å². The number of rotatable bonds is 8. The van der Waals surface area contributed by atoms with Gasteiger partial charge in [0, 0.05) is 17.6 Å². The highest BCUT2D eigenvalue weighted by Crippen LogP contribution is 2.31. The van der Waals surface area contributed by atoms with Crippen molar-refractivity contribution in [3.63, 3.8) is 0 Å². The lowest BCUT2D eigenvalue weighted by Gasteiger charge is -2.39. The van der Waals surface area contributed by atoms with Gasteiger partial charge in [-0.25, -0.2) is 0 Å². The fourth-order valence-corrected chi connectivity index (χ4v) is 4.10. The van der Waals surface area contributed by atoms with Crippen LogP contribution in [-0.4, -0.2) is 30.4 Å². The van der Waals surface area contributed by atoms with E-state index in [1.807, 2.05) is 45.0 Å². The molecule has 0 saturated heterocycles. The van der Waals surface area contributed by atoms with E-state index >= 15 is 0 Å². The van der Waals surface area contributed by atoms with Crippen LogP contribution < -0.4 is 15.0 Å². The quantitative estimate of drug-likeness (QED) is 0.606. The molecule has 0 aliphatic carbocycles. The zero-order valence-corrected chi connectivity index (χ0v) is 20.3. The molecule has 5 nitrogen and oxygen atoms in total. The maximum Gasteiger partial charge on any atom is 0.243 e. The second-order valence-electron chi connectivity index (χ2n) is 9.96. The van der Waals surface area contributed by atoms with Crippen LogP contribution in [-0.2, 0) is 17.8 Å². The Morgan fingerprint density at radius 2 is 1.78 bits per heavy atom. The van der Waals surface area contributed by atoms with Gasteiger partial charge in [0.2, 0.25) is 5.91 Å². The summed E-state index contributed by atoms with van der Waals surface area (Å²) in [5.74, 6) is 2.27. The average molecular weight is 436 g/mol. The van der Waals surface area contributed by atoms with Gasteiger partial charge in [0.1, 0.15) is 17.6 Å². The van der Waals surface area contributed by atoms with Crippen molar-refractivity contribution in [1.29, 1.82) is 0 Å². The first-order valence-electron chi connectivity index (χ1n) is 11.5. The molecule has 1 heterocycles. The van der Waals surface area contributed by atoms with Crippen LogP contribution in [0.4, 0.5) is 5.69 Å². The van der Waals surface area contributed by atoms with Crippen molar-refractivity contribution in [2.45, 2.75) is 72.0 Å². The minimum absolute atomic E-state index is 0.0556. The van der Waals surface area contributed by atoms with Crippen molar-refractivity contribution in [3.8, 4) is 5.75 Å². The van der Waals surface area contributed by atoms with Crippen LogP contribution in [0.25, 0.3) is 0 Å². The number of hydrogen-bond donors (Lipinski definition) is 1. The highest BCUT2D eigenvalue weighted by molar-refractivity contribution is 6.05. The minimum atomic E-state index is -0.301. The summed E-state index contributed by atoms with van der Waals surface area (Å²) in [6.07, 6.45) is 2.40. The fraction of sp³-hybridized carbons (Fsp3) is 0.481. The van der Waals surface area contributed by atoms with Gasteiger partial charge in [0.05, 0.1) is 13.7 Å². The summed E-state index contributed by atoms with van der Waals surface area (Å²) in [5.41, 5.74) is 3.20. The maximum absolute atomic E-state index is 13.5. The number of fused-ring (bicyclic) bond motifs is 1. The highest BCUT2D eigenvalue weighted by atomic mass is 16.5. The molecule has 32 heavy (non-hydrogen) atoms. The predicted molar refractivity (Wildman–Crippen MR) is 133 cm³/mol. The van der Waals surface area contributed by atoms with Crippen molar-refractivity contribution in [2.24, 2.45) is 10.9 Å². The summed E-state index contributed by atoms with van der Waals surface area (Å²) in [6.45, 7) is 11.1. The van der Waals surface area contributed by atoms with Gasteiger partial charge in [0.25, 0.3) is 0 Å². The number of para-hydroxylation sites is 1. The van der Waals surface area contributed by atoms with Crippen molar-refractivity contribution in [1.82, 2.24) is 5.32 Å². The number of aryl methyl sites for hydroxylation is 1. The molecular formula is C27H37N3O2. The Balaban J connectivity index is 1.91. The third kappa shape index (κ3) is 6.12. The van der Waals surface area contributed by atoms with E-state index in [0.717, 1.165) is 42.1 Å². The number of amides is 1. The Morgan fingerprint density at radius 1 is 1.09 bits per heavy atom. The molecule has 0 fully saturated rings. The second-order valence-corrected chi connectivity index (χ2v) is 9.96. The van der Waals surface area contributed by atoms with Gasteiger partial charge < -0.3 is 15.0 Å². The number of nitrogens with zero attached hydrogens (tertiary/aromatic N) is 2. The summed E-state index contributed by atoms with van der Waals surface area (Å²) in [4.78, 5) is 20.6. The van der Waals surface area contributed by atoms with Crippen LogP contribution in [0.3, 0.4) is 0 Å². The molecular weight excluding hydrogens is 398 g/mol. The van der Waals surface area contributed by atoms with Crippen molar-refractivity contribution < 1.29 is 9.53 Å². The van der Waals surface area contributed by atoms with Gasteiger partial charge in [-0.2, -0.15) is 0 Å². The van der Waals surface area contributed by atoms with E-state index in [-0.39, 0.29) is 17.5 Å². The van der Waals surface area contributed by atoms with Gasteiger partial charge >= 0.3 is 0 Å². The van der Waals surface area contributed by atoms with Crippen LogP contribution in [0.15, 0.2) is 53.5 Å². The van der Waals surface area contributed by atoms with Gasteiger partial charge in [-0.05, 0) is 68.9 Å². The Kier molecular flexibility index (Phi) is 7.60. The van der Waals surface area contributed by atoms with E-state index in [1.165, 1.54) is 5.56 Å². The number of aliphatic imine (C=N–C) groups is 1. The minimum Gasteiger partial charge on any atom is -0.497 e. The molecule has 1 unspecified atom stereocenters. The monoisotopic (exact) mass is 435 g/mol. The Labute approximate surface area is 192 Å². The van der Waals surface area contributed by atoms with Gasteiger partial charge in [0.15, 0.2) is 0 Å². The first-order valence-corrected chi connectivity index (χ1v) is 11.5. The highest BCUT2D eigenvalue weighted by Gasteiger charge is 2.34. The van der Waals surface area contributed by atoms with Crippen LogP contribution in [0, 0.1) is 5.92 Å². The van der Waals surface area contributed by atoms with Crippen LogP contribution >= 0.6 is 0 Å². The summed E-state index contributed by atoms with van der Waals surface area (Å²) < 4.78 is 5.28. The average Bonchev–Trinajstić information content (AvgIpc) is 2.74. The molecule has 1 N–H and O–H groups in total. The van der Waals surface area contributed by atoms with Crippen LogP contribution in [0.1, 0.15) is 58.6 Å². The predicted octanol–water partition coefficient (Wildman–Crippen LogP) is 5.38.